The van der Waals surface area contributed by atoms with E-state index in [1.807, 2.05) is 0 Å². The Bertz CT molecular complexity index is 401. The van der Waals surface area contributed by atoms with Crippen LogP contribution in [0, 0.1) is 0 Å². The molecule has 0 saturated heterocycles. The van der Waals surface area contributed by atoms with E-state index in [0.29, 0.717) is 0 Å². The SMILES string of the molecule is C/[CH]=[Pt](=[CH]\C)/[PH](C1CCCCC1)(C1CCCCC1)C1CCCCC1. The molecular weight excluding hydrogens is 490 g/mol. The Labute approximate surface area is 156 Å². The molecule has 0 N–H and O–H groups in total. The molecule has 145 valence electrons. The molecule has 0 nitrogen and oxygen atoms in total. The summed E-state index contributed by atoms with van der Waals surface area (Å²) >= 11 is -0.996. The van der Waals surface area contributed by atoms with Crippen molar-refractivity contribution >= 4 is 14.2 Å². The van der Waals surface area contributed by atoms with Crippen LogP contribution in [0.1, 0.15) is 110 Å². The second-order valence-electron chi connectivity index (χ2n) is 8.43. The summed E-state index contributed by atoms with van der Waals surface area (Å²) in [7, 11) is 0. The van der Waals surface area contributed by atoms with Gasteiger partial charge in [0.05, 0.1) is 0 Å². The van der Waals surface area contributed by atoms with Crippen molar-refractivity contribution in [1.82, 2.24) is 0 Å². The first-order valence-corrected chi connectivity index (χ1v) is 19.1. The molecule has 0 aromatic rings. The number of hydrogen-bond donors (Lipinski definition) is 0. The molecule has 3 fully saturated rings. The van der Waals surface area contributed by atoms with Crippen molar-refractivity contribution in [3.05, 3.63) is 0 Å². The van der Waals surface area contributed by atoms with E-state index in [1.165, 1.54) is 36.2 Å². The van der Waals surface area contributed by atoms with Gasteiger partial charge in [-0.1, -0.05) is 0 Å². The average Bonchev–Trinajstić information content (AvgIpc) is 2.68. The molecular formula is C22H42PPt. The topological polar surface area (TPSA) is 0 Å². The Morgan fingerprint density at radius 2 is 0.833 bits per heavy atom. The second-order valence-corrected chi connectivity index (χ2v) is 26.0. The third kappa shape index (κ3) is 3.91. The van der Waals surface area contributed by atoms with Gasteiger partial charge in [-0.25, -0.2) is 0 Å². The standard InChI is InChI=1S/C18H33P.2C2H4.Pt/c1-4-10-16(11-5-1)19(17-12-6-2-7-13-17)18-14-8-3-9-15-18;2*1-2;/h16-18H,1-15H2;2*1H,2H3;/q;;;-1/p+1. The number of hydrogen-bond acceptors (Lipinski definition) is 0. The van der Waals surface area contributed by atoms with Crippen molar-refractivity contribution in [2.75, 3.05) is 0 Å². The van der Waals surface area contributed by atoms with Gasteiger partial charge in [-0.3, -0.25) is 0 Å². The monoisotopic (exact) mass is 532 g/mol. The second kappa shape index (κ2) is 9.70. The van der Waals surface area contributed by atoms with E-state index in [2.05, 4.69) is 22.6 Å². The molecule has 0 atom stereocenters. The molecule has 0 aromatic carbocycles. The van der Waals surface area contributed by atoms with Crippen LogP contribution in [-0.2, 0) is 15.9 Å². The van der Waals surface area contributed by atoms with Gasteiger partial charge in [0, 0.05) is 0 Å². The number of rotatable bonds is 4. The first-order valence-electron chi connectivity index (χ1n) is 11.0. The predicted molar refractivity (Wildman–Crippen MR) is 112 cm³/mol. The van der Waals surface area contributed by atoms with E-state index in [9.17, 15) is 0 Å². The summed E-state index contributed by atoms with van der Waals surface area (Å²) in [6.45, 7) is 4.95. The summed E-state index contributed by atoms with van der Waals surface area (Å²) in [6, 6.07) is 0. The van der Waals surface area contributed by atoms with Gasteiger partial charge in [-0.2, -0.15) is 0 Å². The van der Waals surface area contributed by atoms with Crippen molar-refractivity contribution in [3.8, 4) is 0 Å². The van der Waals surface area contributed by atoms with E-state index >= 15 is 0 Å². The van der Waals surface area contributed by atoms with Crippen LogP contribution in [0.15, 0.2) is 0 Å². The summed E-state index contributed by atoms with van der Waals surface area (Å²) in [4.78, 5) is 0. The zero-order valence-corrected chi connectivity index (χ0v) is 19.6. The van der Waals surface area contributed by atoms with Crippen molar-refractivity contribution in [3.63, 3.8) is 0 Å². The summed E-state index contributed by atoms with van der Waals surface area (Å²) < 4.78 is 5.66. The van der Waals surface area contributed by atoms with Crippen LogP contribution in [0.2, 0.25) is 0 Å². The fourth-order valence-electron chi connectivity index (χ4n) is 6.45. The van der Waals surface area contributed by atoms with Crippen LogP contribution in [0.25, 0.3) is 0 Å². The maximum atomic E-state index is 2.83. The van der Waals surface area contributed by atoms with Crippen LogP contribution in [0.5, 0.6) is 0 Å². The molecule has 0 unspecified atom stereocenters. The molecule has 0 aromatic heterocycles. The summed E-state index contributed by atoms with van der Waals surface area (Å²) in [5.74, 6) is 0. The van der Waals surface area contributed by atoms with Gasteiger partial charge in [-0.15, -0.1) is 0 Å². The van der Waals surface area contributed by atoms with Gasteiger partial charge in [0.15, 0.2) is 0 Å². The van der Waals surface area contributed by atoms with Crippen LogP contribution in [0.4, 0.5) is 0 Å². The van der Waals surface area contributed by atoms with Gasteiger partial charge in [0.2, 0.25) is 0 Å². The van der Waals surface area contributed by atoms with Crippen LogP contribution >= 0.6 is 5.35 Å². The van der Waals surface area contributed by atoms with Crippen molar-refractivity contribution in [1.29, 1.82) is 0 Å². The molecule has 3 aliphatic carbocycles. The Balaban J connectivity index is 2.06. The Morgan fingerprint density at radius 1 is 0.542 bits per heavy atom. The van der Waals surface area contributed by atoms with Crippen LogP contribution in [-0.4, -0.2) is 25.8 Å². The minimum absolute atomic E-state index is 0.996. The maximum absolute atomic E-state index is 2.83. The molecule has 2 heteroatoms. The van der Waals surface area contributed by atoms with Crippen LogP contribution < -0.4 is 0 Å². The summed E-state index contributed by atoms with van der Waals surface area (Å²) in [6.07, 6.45) is 23.8. The van der Waals surface area contributed by atoms with E-state index in [1.54, 1.807) is 77.0 Å². The molecule has 0 aliphatic heterocycles. The minimum atomic E-state index is -1.18. The predicted octanol–water partition coefficient (Wildman–Crippen LogP) is 6.91. The van der Waals surface area contributed by atoms with Gasteiger partial charge < -0.3 is 0 Å². The fourth-order valence-corrected chi connectivity index (χ4v) is 36.9. The summed E-state index contributed by atoms with van der Waals surface area (Å²) in [5.41, 5.74) is 3.65. The molecule has 0 amide bonds. The molecule has 0 bridgehead atoms. The van der Waals surface area contributed by atoms with Crippen molar-refractivity contribution in [2.24, 2.45) is 0 Å². The van der Waals surface area contributed by atoms with Gasteiger partial charge in [0.1, 0.15) is 0 Å². The molecule has 3 rings (SSSR count). The van der Waals surface area contributed by atoms with Crippen molar-refractivity contribution in [2.45, 2.75) is 127 Å². The van der Waals surface area contributed by atoms with Crippen LogP contribution in [0.3, 0.4) is 0 Å². The Morgan fingerprint density at radius 3 is 1.08 bits per heavy atom. The molecule has 0 heterocycles. The zero-order valence-electron chi connectivity index (χ0n) is 16.3. The molecule has 3 saturated carbocycles. The Kier molecular flexibility index (Phi) is 7.92. The van der Waals surface area contributed by atoms with Crippen molar-refractivity contribution < 1.29 is 15.9 Å². The normalized spacial score (nSPS) is 29.0. The molecule has 24 heavy (non-hydrogen) atoms. The van der Waals surface area contributed by atoms with E-state index < -0.39 is 21.2 Å². The van der Waals surface area contributed by atoms with E-state index in [-0.39, 0.29) is 0 Å². The van der Waals surface area contributed by atoms with Gasteiger partial charge in [0.25, 0.3) is 0 Å². The van der Waals surface area contributed by atoms with E-state index in [0.717, 1.165) is 0 Å². The fraction of sp³-hybridized carbons (Fsp3) is 0.909. The van der Waals surface area contributed by atoms with E-state index in [4.69, 9.17) is 0 Å². The quantitative estimate of drug-likeness (QED) is 0.345. The van der Waals surface area contributed by atoms with Gasteiger partial charge >= 0.3 is 157 Å². The molecule has 0 spiro atoms. The molecule has 0 radical (unpaired) electrons. The van der Waals surface area contributed by atoms with Gasteiger partial charge in [-0.05, 0) is 0 Å². The molecule has 3 aliphatic rings. The third-order valence-electron chi connectivity index (χ3n) is 7.33. The first-order chi connectivity index (χ1) is 11.8. The summed E-state index contributed by atoms with van der Waals surface area (Å²) in [5, 5.41) is -1.18. The first kappa shape index (κ1) is 19.6. The Hall–Kier alpha value is 0.858. The zero-order chi connectivity index (χ0) is 16.8. The third-order valence-corrected chi connectivity index (χ3v) is 34.3. The average molecular weight is 533 g/mol.